The Hall–Kier alpha value is -3.24. The molecule has 3 fully saturated rings. The van der Waals surface area contributed by atoms with Crippen molar-refractivity contribution >= 4 is 23.5 Å². The van der Waals surface area contributed by atoms with E-state index in [1.54, 1.807) is 0 Å². The van der Waals surface area contributed by atoms with Crippen LogP contribution in [0.25, 0.3) is 11.7 Å². The van der Waals surface area contributed by atoms with Gasteiger partial charge >= 0.3 is 0 Å². The SMILES string of the molecule is CC(C)Cn1c(=O)c(C(=O)NC2CC2)c(O)n2ncc(C=CC(=O)N3CC4C(C3)C4(F)F)c12. The molecule has 9 nitrogen and oxygen atoms in total. The van der Waals surface area contributed by atoms with E-state index in [0.717, 1.165) is 17.4 Å². The number of rotatable bonds is 6. The summed E-state index contributed by atoms with van der Waals surface area (Å²) in [6, 6.07) is 0.00393. The molecule has 2 aromatic heterocycles. The second-order valence-corrected chi connectivity index (χ2v) is 9.56. The number of piperidine rings is 1. The molecule has 176 valence electrons. The molecule has 0 radical (unpaired) electrons. The molecule has 3 aliphatic rings. The highest BCUT2D eigenvalue weighted by Crippen LogP contribution is 2.59. The summed E-state index contributed by atoms with van der Waals surface area (Å²) in [5.74, 6) is -5.77. The second-order valence-electron chi connectivity index (χ2n) is 9.56. The van der Waals surface area contributed by atoms with Crippen molar-refractivity contribution in [1.82, 2.24) is 24.4 Å². The summed E-state index contributed by atoms with van der Waals surface area (Å²) in [5.41, 5.74) is -0.383. The summed E-state index contributed by atoms with van der Waals surface area (Å²) in [5, 5.41) is 17.5. The number of likely N-dealkylation sites (tertiary alicyclic amines) is 1. The van der Waals surface area contributed by atoms with Crippen LogP contribution in [0.3, 0.4) is 0 Å². The highest BCUT2D eigenvalue weighted by Gasteiger charge is 2.72. The average Bonchev–Trinajstić information content (AvgIpc) is 3.47. The Morgan fingerprint density at radius 1 is 1.30 bits per heavy atom. The molecule has 2 aliphatic carbocycles. The number of carbonyl (C=O) groups excluding carboxylic acids is 2. The molecule has 2 N–H and O–H groups in total. The van der Waals surface area contributed by atoms with Crippen LogP contribution >= 0.6 is 0 Å². The molecule has 0 aromatic carbocycles. The van der Waals surface area contributed by atoms with Gasteiger partial charge in [0.25, 0.3) is 17.4 Å². The van der Waals surface area contributed by atoms with Crippen LogP contribution in [0, 0.1) is 17.8 Å². The Morgan fingerprint density at radius 3 is 2.58 bits per heavy atom. The number of fused-ring (bicyclic) bond motifs is 2. The summed E-state index contributed by atoms with van der Waals surface area (Å²) >= 11 is 0. The first-order valence-electron chi connectivity index (χ1n) is 11.1. The van der Waals surface area contributed by atoms with Crippen LogP contribution in [0.1, 0.15) is 42.6 Å². The molecule has 0 spiro atoms. The topological polar surface area (TPSA) is 109 Å². The number of aromatic nitrogens is 3. The monoisotopic (exact) mass is 461 g/mol. The Bertz CT molecular complexity index is 1230. The predicted octanol–water partition coefficient (Wildman–Crippen LogP) is 1.49. The fourth-order valence-electron chi connectivity index (χ4n) is 4.50. The predicted molar refractivity (Wildman–Crippen MR) is 114 cm³/mol. The molecule has 2 aromatic rings. The van der Waals surface area contributed by atoms with E-state index in [-0.39, 0.29) is 42.8 Å². The van der Waals surface area contributed by atoms with Crippen molar-refractivity contribution in [2.24, 2.45) is 17.8 Å². The lowest BCUT2D eigenvalue weighted by Gasteiger charge is -2.17. The molecule has 0 bridgehead atoms. The minimum Gasteiger partial charge on any atom is -0.492 e. The number of hydrogen-bond donors (Lipinski definition) is 2. The maximum absolute atomic E-state index is 13.4. The van der Waals surface area contributed by atoms with Crippen molar-refractivity contribution < 1.29 is 23.5 Å². The van der Waals surface area contributed by atoms with Gasteiger partial charge in [-0.2, -0.15) is 9.61 Å². The van der Waals surface area contributed by atoms with E-state index in [2.05, 4.69) is 10.4 Å². The minimum absolute atomic E-state index is 0.00393. The summed E-state index contributed by atoms with van der Waals surface area (Å²) in [6.45, 7) is 4.12. The Balaban J connectivity index is 1.48. The number of aromatic hydroxyl groups is 1. The normalized spacial score (nSPS) is 23.5. The number of alkyl halides is 2. The summed E-state index contributed by atoms with van der Waals surface area (Å²) in [4.78, 5) is 39.7. The van der Waals surface area contributed by atoms with Crippen molar-refractivity contribution in [1.29, 1.82) is 0 Å². The molecule has 33 heavy (non-hydrogen) atoms. The first-order chi connectivity index (χ1) is 15.6. The minimum atomic E-state index is -2.67. The third kappa shape index (κ3) is 3.59. The van der Waals surface area contributed by atoms with Crippen LogP contribution in [-0.2, 0) is 11.3 Å². The summed E-state index contributed by atoms with van der Waals surface area (Å²) in [6.07, 6.45) is 5.75. The van der Waals surface area contributed by atoms with Crippen molar-refractivity contribution in [2.45, 2.75) is 45.2 Å². The van der Waals surface area contributed by atoms with Gasteiger partial charge in [-0.1, -0.05) is 13.8 Å². The lowest BCUT2D eigenvalue weighted by Crippen LogP contribution is -2.36. The third-order valence-electron chi connectivity index (χ3n) is 6.51. The van der Waals surface area contributed by atoms with Gasteiger partial charge in [0.1, 0.15) is 5.65 Å². The van der Waals surface area contributed by atoms with Gasteiger partial charge < -0.3 is 15.3 Å². The van der Waals surface area contributed by atoms with Crippen LogP contribution in [-0.4, -0.2) is 61.1 Å². The maximum Gasteiger partial charge on any atom is 0.270 e. The van der Waals surface area contributed by atoms with Gasteiger partial charge in [0, 0.05) is 37.3 Å². The van der Waals surface area contributed by atoms with E-state index in [1.165, 1.54) is 27.8 Å². The Morgan fingerprint density at radius 2 is 1.97 bits per heavy atom. The van der Waals surface area contributed by atoms with Gasteiger partial charge in [-0.3, -0.25) is 19.0 Å². The van der Waals surface area contributed by atoms with E-state index in [1.807, 2.05) is 13.8 Å². The molecule has 2 amide bonds. The maximum atomic E-state index is 13.4. The average molecular weight is 461 g/mol. The molecule has 1 saturated heterocycles. The lowest BCUT2D eigenvalue weighted by molar-refractivity contribution is -0.126. The number of nitrogens with one attached hydrogen (secondary N) is 1. The van der Waals surface area contributed by atoms with Crippen molar-refractivity contribution in [3.8, 4) is 5.88 Å². The van der Waals surface area contributed by atoms with Crippen LogP contribution in [0.2, 0.25) is 0 Å². The fraction of sp³-hybridized carbons (Fsp3) is 0.545. The molecule has 5 rings (SSSR count). The Kier molecular flexibility index (Phi) is 4.84. The van der Waals surface area contributed by atoms with Crippen molar-refractivity contribution in [2.75, 3.05) is 13.1 Å². The molecule has 1 aliphatic heterocycles. The summed E-state index contributed by atoms with van der Waals surface area (Å²) in [7, 11) is 0. The summed E-state index contributed by atoms with van der Waals surface area (Å²) < 4.78 is 29.3. The molecule has 3 heterocycles. The first kappa shape index (κ1) is 21.6. The highest BCUT2D eigenvalue weighted by molar-refractivity contribution is 5.97. The van der Waals surface area contributed by atoms with Gasteiger partial charge in [-0.25, -0.2) is 8.78 Å². The van der Waals surface area contributed by atoms with Crippen LogP contribution < -0.4 is 10.9 Å². The first-order valence-corrected chi connectivity index (χ1v) is 11.1. The van der Waals surface area contributed by atoms with Gasteiger partial charge in [0.05, 0.1) is 18.0 Å². The van der Waals surface area contributed by atoms with Crippen molar-refractivity contribution in [3.63, 3.8) is 0 Å². The molecule has 2 saturated carbocycles. The highest BCUT2D eigenvalue weighted by atomic mass is 19.3. The number of nitrogens with zero attached hydrogens (tertiary/aromatic N) is 4. The number of hydrogen-bond acceptors (Lipinski definition) is 5. The Labute approximate surface area is 187 Å². The smallest absolute Gasteiger partial charge is 0.270 e. The zero-order valence-corrected chi connectivity index (χ0v) is 18.3. The largest absolute Gasteiger partial charge is 0.492 e. The standard InChI is InChI=1S/C22H25F2N5O4/c1-11(2)8-28-19-12(3-6-16(30)27-9-14-15(10-27)22(14,23)24)7-25-29(19)21(33)17(20(28)32)18(31)26-13-4-5-13/h3,6-7,11,13-15,33H,4-5,8-10H2,1-2H3,(H,26,31). The number of halogens is 2. The zero-order valence-electron chi connectivity index (χ0n) is 18.3. The van der Waals surface area contributed by atoms with E-state index in [4.69, 9.17) is 0 Å². The van der Waals surface area contributed by atoms with Gasteiger partial charge in [0.15, 0.2) is 5.56 Å². The van der Waals surface area contributed by atoms with Crippen LogP contribution in [0.5, 0.6) is 5.88 Å². The van der Waals surface area contributed by atoms with Crippen LogP contribution in [0.15, 0.2) is 17.1 Å². The van der Waals surface area contributed by atoms with E-state index in [9.17, 15) is 28.3 Å². The quantitative estimate of drug-likeness (QED) is 0.634. The van der Waals surface area contributed by atoms with Crippen molar-refractivity contribution in [3.05, 3.63) is 33.8 Å². The van der Waals surface area contributed by atoms with Gasteiger partial charge in [-0.05, 0) is 24.8 Å². The zero-order chi connectivity index (χ0) is 23.7. The molecular weight excluding hydrogens is 436 g/mol. The van der Waals surface area contributed by atoms with E-state index >= 15 is 0 Å². The third-order valence-corrected chi connectivity index (χ3v) is 6.51. The second kappa shape index (κ2) is 7.39. The van der Waals surface area contributed by atoms with Gasteiger partial charge in [0.2, 0.25) is 11.8 Å². The van der Waals surface area contributed by atoms with Crippen LogP contribution in [0.4, 0.5) is 8.78 Å². The molecule has 2 atom stereocenters. The van der Waals surface area contributed by atoms with E-state index in [0.29, 0.717) is 5.56 Å². The van der Waals surface area contributed by atoms with E-state index < -0.39 is 41.0 Å². The number of carbonyl (C=O) groups is 2. The van der Waals surface area contributed by atoms with Gasteiger partial charge in [-0.15, -0.1) is 0 Å². The molecular formula is C22H25F2N5O4. The lowest BCUT2D eigenvalue weighted by atomic mass is 10.2. The number of amides is 2. The fourth-order valence-corrected chi connectivity index (χ4v) is 4.50. The molecule has 2 unspecified atom stereocenters. The molecule has 11 heteroatoms.